The number of benzene rings is 1. The third-order valence-electron chi connectivity index (χ3n) is 3.81. The zero-order chi connectivity index (χ0) is 15.1. The van der Waals surface area contributed by atoms with Crippen molar-refractivity contribution >= 4 is 11.7 Å². The zero-order valence-corrected chi connectivity index (χ0v) is 13.0. The van der Waals surface area contributed by atoms with Gasteiger partial charge < -0.3 is 20.4 Å². The molecule has 0 aliphatic carbocycles. The molecule has 0 radical (unpaired) electrons. The van der Waals surface area contributed by atoms with Gasteiger partial charge >= 0.3 is 6.03 Å². The predicted molar refractivity (Wildman–Crippen MR) is 86.6 cm³/mol. The van der Waals surface area contributed by atoms with Crippen molar-refractivity contribution in [1.29, 1.82) is 0 Å². The molecule has 2 N–H and O–H groups in total. The molecular weight excluding hydrogens is 264 g/mol. The lowest BCUT2D eigenvalue weighted by molar-refractivity contribution is 0.138. The molecule has 1 fully saturated rings. The standard InChI is InChI=1S/C16H26N4O/c1-14(13-20-10-8-19(2)9-11-20)12-17-16(21)18-15-6-4-3-5-7-15/h3-7,14H,8-13H2,1-2H3,(H2,17,18,21)/t14-/m0/s1. The Labute approximate surface area is 127 Å². The van der Waals surface area contributed by atoms with Gasteiger partial charge in [0.15, 0.2) is 0 Å². The van der Waals surface area contributed by atoms with Crippen LogP contribution in [-0.4, -0.2) is 62.1 Å². The second kappa shape index (κ2) is 8.00. The Hall–Kier alpha value is -1.59. The average Bonchev–Trinajstić information content (AvgIpc) is 2.49. The summed E-state index contributed by atoms with van der Waals surface area (Å²) in [6.07, 6.45) is 0. The molecular formula is C16H26N4O. The number of piperazine rings is 1. The first-order valence-corrected chi connectivity index (χ1v) is 7.64. The van der Waals surface area contributed by atoms with Crippen LogP contribution in [0.3, 0.4) is 0 Å². The molecule has 2 rings (SSSR count). The van der Waals surface area contributed by atoms with Crippen molar-refractivity contribution in [2.24, 2.45) is 5.92 Å². The second-order valence-electron chi connectivity index (χ2n) is 5.91. The van der Waals surface area contributed by atoms with Gasteiger partial charge in [-0.25, -0.2) is 4.79 Å². The smallest absolute Gasteiger partial charge is 0.319 e. The molecule has 1 heterocycles. The molecule has 1 saturated heterocycles. The fraction of sp³-hybridized carbons (Fsp3) is 0.562. The second-order valence-corrected chi connectivity index (χ2v) is 5.91. The third-order valence-corrected chi connectivity index (χ3v) is 3.81. The van der Waals surface area contributed by atoms with E-state index in [1.165, 1.54) is 0 Å². The highest BCUT2D eigenvalue weighted by Crippen LogP contribution is 2.06. The molecule has 1 atom stereocenters. The van der Waals surface area contributed by atoms with Gasteiger partial charge in [-0.1, -0.05) is 25.1 Å². The van der Waals surface area contributed by atoms with Gasteiger partial charge in [-0.05, 0) is 25.1 Å². The van der Waals surface area contributed by atoms with Crippen molar-refractivity contribution < 1.29 is 4.79 Å². The molecule has 1 aromatic carbocycles. The van der Waals surface area contributed by atoms with Gasteiger partial charge in [0.05, 0.1) is 0 Å². The van der Waals surface area contributed by atoms with Crippen molar-refractivity contribution in [3.05, 3.63) is 30.3 Å². The molecule has 0 saturated carbocycles. The van der Waals surface area contributed by atoms with Crippen LogP contribution >= 0.6 is 0 Å². The number of nitrogens with one attached hydrogen (secondary N) is 2. The summed E-state index contributed by atoms with van der Waals surface area (Å²) in [6.45, 7) is 8.43. The number of likely N-dealkylation sites (N-methyl/N-ethyl adjacent to an activating group) is 1. The molecule has 0 aromatic heterocycles. The number of rotatable bonds is 5. The van der Waals surface area contributed by atoms with Gasteiger partial charge in [-0.2, -0.15) is 0 Å². The summed E-state index contributed by atoms with van der Waals surface area (Å²) >= 11 is 0. The number of nitrogens with zero attached hydrogens (tertiary/aromatic N) is 2. The normalized spacial score (nSPS) is 18.2. The van der Waals surface area contributed by atoms with Crippen molar-refractivity contribution in [2.75, 3.05) is 51.6 Å². The lowest BCUT2D eigenvalue weighted by Crippen LogP contribution is -2.47. The van der Waals surface area contributed by atoms with Gasteiger partial charge in [0, 0.05) is 45.0 Å². The highest BCUT2D eigenvalue weighted by molar-refractivity contribution is 5.89. The number of hydrogen-bond donors (Lipinski definition) is 2. The zero-order valence-electron chi connectivity index (χ0n) is 13.0. The van der Waals surface area contributed by atoms with E-state index in [2.05, 4.69) is 34.4 Å². The Morgan fingerprint density at radius 1 is 1.19 bits per heavy atom. The molecule has 0 unspecified atom stereocenters. The largest absolute Gasteiger partial charge is 0.338 e. The minimum absolute atomic E-state index is 0.133. The first-order chi connectivity index (χ1) is 10.1. The van der Waals surface area contributed by atoms with Crippen molar-refractivity contribution in [3.8, 4) is 0 Å². The maximum Gasteiger partial charge on any atom is 0.319 e. The predicted octanol–water partition coefficient (Wildman–Crippen LogP) is 1.69. The summed E-state index contributed by atoms with van der Waals surface area (Å²) in [7, 11) is 2.16. The van der Waals surface area contributed by atoms with E-state index >= 15 is 0 Å². The van der Waals surface area contributed by atoms with Crippen molar-refractivity contribution in [2.45, 2.75) is 6.92 Å². The quantitative estimate of drug-likeness (QED) is 0.867. The number of urea groups is 1. The van der Waals surface area contributed by atoms with Crippen LogP contribution in [0.25, 0.3) is 0 Å². The average molecular weight is 290 g/mol. The summed E-state index contributed by atoms with van der Waals surface area (Å²) in [5, 5.41) is 5.78. The van der Waals surface area contributed by atoms with Crippen LogP contribution < -0.4 is 10.6 Å². The number of para-hydroxylation sites is 1. The van der Waals surface area contributed by atoms with E-state index in [0.717, 1.165) is 38.4 Å². The summed E-state index contributed by atoms with van der Waals surface area (Å²) in [5.74, 6) is 0.454. The van der Waals surface area contributed by atoms with Crippen LogP contribution in [0.2, 0.25) is 0 Å². The van der Waals surface area contributed by atoms with Crippen LogP contribution in [-0.2, 0) is 0 Å². The molecule has 0 spiro atoms. The SMILES string of the molecule is C[C@@H](CNC(=O)Nc1ccccc1)CN1CCN(C)CC1. The van der Waals surface area contributed by atoms with Crippen molar-refractivity contribution in [1.82, 2.24) is 15.1 Å². The molecule has 1 aliphatic heterocycles. The summed E-state index contributed by atoms with van der Waals surface area (Å²) < 4.78 is 0. The van der Waals surface area contributed by atoms with Gasteiger partial charge in [0.1, 0.15) is 0 Å². The van der Waals surface area contributed by atoms with E-state index in [4.69, 9.17) is 0 Å². The lowest BCUT2D eigenvalue weighted by atomic mass is 10.1. The topological polar surface area (TPSA) is 47.6 Å². The Kier molecular flexibility index (Phi) is 6.02. The number of anilines is 1. The number of carbonyl (C=O) groups excluding carboxylic acids is 1. The first kappa shape index (κ1) is 15.8. The van der Waals surface area contributed by atoms with E-state index in [1.54, 1.807) is 0 Å². The van der Waals surface area contributed by atoms with Crippen LogP contribution in [0, 0.1) is 5.92 Å². The number of hydrogen-bond acceptors (Lipinski definition) is 3. The Balaban J connectivity index is 1.64. The van der Waals surface area contributed by atoms with E-state index in [1.807, 2.05) is 30.3 Å². The maximum absolute atomic E-state index is 11.8. The highest BCUT2D eigenvalue weighted by Gasteiger charge is 2.16. The van der Waals surface area contributed by atoms with Crippen molar-refractivity contribution in [3.63, 3.8) is 0 Å². The van der Waals surface area contributed by atoms with E-state index in [0.29, 0.717) is 12.5 Å². The summed E-state index contributed by atoms with van der Waals surface area (Å²) in [5.41, 5.74) is 0.821. The number of carbonyl (C=O) groups is 1. The fourth-order valence-electron chi connectivity index (χ4n) is 2.50. The van der Waals surface area contributed by atoms with Crippen LogP contribution in [0.4, 0.5) is 10.5 Å². The minimum Gasteiger partial charge on any atom is -0.338 e. The Morgan fingerprint density at radius 3 is 2.52 bits per heavy atom. The maximum atomic E-state index is 11.8. The molecule has 0 bridgehead atoms. The van der Waals surface area contributed by atoms with E-state index in [-0.39, 0.29) is 6.03 Å². The molecule has 5 heteroatoms. The first-order valence-electron chi connectivity index (χ1n) is 7.64. The van der Waals surface area contributed by atoms with Crippen LogP contribution in [0.1, 0.15) is 6.92 Å². The van der Waals surface area contributed by atoms with Gasteiger partial charge in [0.2, 0.25) is 0 Å². The highest BCUT2D eigenvalue weighted by atomic mass is 16.2. The molecule has 2 amide bonds. The lowest BCUT2D eigenvalue weighted by Gasteiger charge is -2.33. The molecule has 1 aromatic rings. The summed E-state index contributed by atoms with van der Waals surface area (Å²) in [4.78, 5) is 16.6. The minimum atomic E-state index is -0.133. The number of amides is 2. The van der Waals surface area contributed by atoms with Crippen LogP contribution in [0.5, 0.6) is 0 Å². The Morgan fingerprint density at radius 2 is 1.86 bits per heavy atom. The summed E-state index contributed by atoms with van der Waals surface area (Å²) in [6, 6.07) is 9.38. The molecule has 5 nitrogen and oxygen atoms in total. The van der Waals surface area contributed by atoms with Gasteiger partial charge in [-0.15, -0.1) is 0 Å². The van der Waals surface area contributed by atoms with Gasteiger partial charge in [0.25, 0.3) is 0 Å². The Bertz CT molecular complexity index is 429. The van der Waals surface area contributed by atoms with Gasteiger partial charge in [-0.3, -0.25) is 0 Å². The fourth-order valence-corrected chi connectivity index (χ4v) is 2.50. The third kappa shape index (κ3) is 5.73. The molecule has 21 heavy (non-hydrogen) atoms. The molecule has 1 aliphatic rings. The van der Waals surface area contributed by atoms with Crippen LogP contribution in [0.15, 0.2) is 30.3 Å². The monoisotopic (exact) mass is 290 g/mol. The van der Waals surface area contributed by atoms with E-state index < -0.39 is 0 Å². The van der Waals surface area contributed by atoms with E-state index in [9.17, 15) is 4.79 Å². The molecule has 116 valence electrons.